The predicted octanol–water partition coefficient (Wildman–Crippen LogP) is 3.32. The highest BCUT2D eigenvalue weighted by atomic mass is 15.3. The van der Waals surface area contributed by atoms with E-state index in [1.807, 2.05) is 0 Å². The maximum absolute atomic E-state index is 4.77. The molecule has 1 atom stereocenters. The number of aliphatic imine (C=N–C) groups is 1. The smallest absolute Gasteiger partial charge is 0.191 e. The van der Waals surface area contributed by atoms with Gasteiger partial charge in [0.2, 0.25) is 0 Å². The first-order valence-electron chi connectivity index (χ1n) is 11.2. The van der Waals surface area contributed by atoms with Gasteiger partial charge in [-0.3, -0.25) is 4.99 Å². The number of guanidine groups is 1. The van der Waals surface area contributed by atoms with Gasteiger partial charge in [0.25, 0.3) is 0 Å². The summed E-state index contributed by atoms with van der Waals surface area (Å²) in [5.41, 5.74) is 0. The van der Waals surface area contributed by atoms with Crippen LogP contribution in [0, 0.1) is 0 Å². The number of piperazine rings is 1. The molecule has 5 heteroatoms. The fourth-order valence-electron chi connectivity index (χ4n) is 3.47. The summed E-state index contributed by atoms with van der Waals surface area (Å²) in [5.74, 6) is 0.993. The van der Waals surface area contributed by atoms with Crippen molar-refractivity contribution >= 4 is 5.96 Å². The van der Waals surface area contributed by atoms with Crippen molar-refractivity contribution in [2.75, 3.05) is 52.4 Å². The van der Waals surface area contributed by atoms with Gasteiger partial charge in [-0.25, -0.2) is 0 Å². The minimum atomic E-state index is 0.500. The summed E-state index contributed by atoms with van der Waals surface area (Å²) in [6.45, 7) is 18.1. The van der Waals surface area contributed by atoms with Crippen molar-refractivity contribution in [3.05, 3.63) is 0 Å². The molecule has 1 unspecified atom stereocenters. The zero-order valence-corrected chi connectivity index (χ0v) is 18.0. The first kappa shape index (κ1) is 23.2. The van der Waals surface area contributed by atoms with Crippen LogP contribution in [0.15, 0.2) is 4.99 Å². The molecule has 0 aliphatic carbocycles. The molecule has 0 bridgehead atoms. The number of nitrogens with zero attached hydrogens (tertiary/aromatic N) is 3. The fraction of sp³-hybridized carbons (Fsp3) is 0.952. The summed E-state index contributed by atoms with van der Waals surface area (Å²) in [6, 6.07) is 0.500. The molecule has 1 aliphatic rings. The van der Waals surface area contributed by atoms with Gasteiger partial charge in [0.1, 0.15) is 0 Å². The van der Waals surface area contributed by atoms with Gasteiger partial charge in [0, 0.05) is 45.3 Å². The average molecular weight is 368 g/mol. The third kappa shape index (κ3) is 11.0. The standard InChI is InChI=1S/C21H45N5/c1-5-8-9-10-13-20(4)24-21(22-6-2)23-14-11-12-15-26-18-16-25(7-3)17-19-26/h20H,5-19H2,1-4H3,(H2,22,23,24). The maximum Gasteiger partial charge on any atom is 0.191 e. The van der Waals surface area contributed by atoms with Crippen LogP contribution in [0.4, 0.5) is 0 Å². The number of nitrogens with one attached hydrogen (secondary N) is 2. The predicted molar refractivity (Wildman–Crippen MR) is 115 cm³/mol. The largest absolute Gasteiger partial charge is 0.357 e. The Balaban J connectivity index is 2.16. The lowest BCUT2D eigenvalue weighted by molar-refractivity contribution is 0.136. The summed E-state index contributed by atoms with van der Waals surface area (Å²) >= 11 is 0. The lowest BCUT2D eigenvalue weighted by Crippen LogP contribution is -2.46. The zero-order chi connectivity index (χ0) is 19.0. The molecule has 1 fully saturated rings. The van der Waals surface area contributed by atoms with Crippen LogP contribution in [0.2, 0.25) is 0 Å². The second kappa shape index (κ2) is 15.3. The highest BCUT2D eigenvalue weighted by Crippen LogP contribution is 2.05. The van der Waals surface area contributed by atoms with Crippen LogP contribution in [0.25, 0.3) is 0 Å². The van der Waals surface area contributed by atoms with E-state index >= 15 is 0 Å². The molecule has 0 saturated carbocycles. The third-order valence-electron chi connectivity index (χ3n) is 5.28. The van der Waals surface area contributed by atoms with Gasteiger partial charge < -0.3 is 20.4 Å². The van der Waals surface area contributed by atoms with Crippen LogP contribution in [0.1, 0.15) is 72.6 Å². The third-order valence-corrected chi connectivity index (χ3v) is 5.28. The lowest BCUT2D eigenvalue weighted by atomic mass is 10.1. The van der Waals surface area contributed by atoms with E-state index in [0.717, 1.165) is 19.0 Å². The normalized spacial score (nSPS) is 18.1. The van der Waals surface area contributed by atoms with E-state index in [0.29, 0.717) is 6.04 Å². The van der Waals surface area contributed by atoms with Gasteiger partial charge in [0.15, 0.2) is 5.96 Å². The van der Waals surface area contributed by atoms with E-state index in [2.05, 4.69) is 48.1 Å². The number of hydrogen-bond acceptors (Lipinski definition) is 3. The average Bonchev–Trinajstić information content (AvgIpc) is 2.65. The molecule has 1 rings (SSSR count). The minimum Gasteiger partial charge on any atom is -0.357 e. The fourth-order valence-corrected chi connectivity index (χ4v) is 3.47. The number of rotatable bonds is 13. The summed E-state index contributed by atoms with van der Waals surface area (Å²) < 4.78 is 0. The summed E-state index contributed by atoms with van der Waals surface area (Å²) in [7, 11) is 0. The van der Waals surface area contributed by atoms with Crippen LogP contribution in [-0.4, -0.2) is 74.2 Å². The summed E-state index contributed by atoms with van der Waals surface area (Å²) in [4.78, 5) is 9.92. The Hall–Kier alpha value is -0.810. The van der Waals surface area contributed by atoms with Gasteiger partial charge in [-0.05, 0) is 46.2 Å². The molecule has 0 aromatic heterocycles. The molecule has 26 heavy (non-hydrogen) atoms. The molecule has 0 aromatic rings. The van der Waals surface area contributed by atoms with Crippen molar-refractivity contribution in [1.82, 2.24) is 20.4 Å². The van der Waals surface area contributed by atoms with Crippen molar-refractivity contribution in [2.45, 2.75) is 78.7 Å². The Morgan fingerprint density at radius 3 is 2.31 bits per heavy atom. The number of likely N-dealkylation sites (N-methyl/N-ethyl adjacent to an activating group) is 1. The van der Waals surface area contributed by atoms with Crippen molar-refractivity contribution < 1.29 is 0 Å². The Kier molecular flexibility index (Phi) is 13.6. The van der Waals surface area contributed by atoms with E-state index in [-0.39, 0.29) is 0 Å². The second-order valence-electron chi connectivity index (χ2n) is 7.64. The maximum atomic E-state index is 4.77. The molecule has 2 N–H and O–H groups in total. The molecule has 1 aliphatic heterocycles. The van der Waals surface area contributed by atoms with Crippen LogP contribution >= 0.6 is 0 Å². The molecular weight excluding hydrogens is 322 g/mol. The Labute approximate surface area is 163 Å². The molecule has 0 spiro atoms. The first-order chi connectivity index (χ1) is 12.7. The van der Waals surface area contributed by atoms with Gasteiger partial charge in [-0.15, -0.1) is 0 Å². The Bertz CT molecular complexity index is 350. The van der Waals surface area contributed by atoms with Crippen LogP contribution in [0.3, 0.4) is 0 Å². The number of hydrogen-bond donors (Lipinski definition) is 2. The molecule has 154 valence electrons. The van der Waals surface area contributed by atoms with Gasteiger partial charge in [0.05, 0.1) is 0 Å². The lowest BCUT2D eigenvalue weighted by Gasteiger charge is -2.33. The minimum absolute atomic E-state index is 0.500. The van der Waals surface area contributed by atoms with Crippen molar-refractivity contribution in [1.29, 1.82) is 0 Å². The van der Waals surface area contributed by atoms with Gasteiger partial charge in [-0.1, -0.05) is 39.5 Å². The van der Waals surface area contributed by atoms with E-state index in [9.17, 15) is 0 Å². The molecule has 1 heterocycles. The molecule has 5 nitrogen and oxygen atoms in total. The number of unbranched alkanes of at least 4 members (excludes halogenated alkanes) is 4. The van der Waals surface area contributed by atoms with Crippen LogP contribution < -0.4 is 10.6 Å². The topological polar surface area (TPSA) is 42.9 Å². The second-order valence-corrected chi connectivity index (χ2v) is 7.64. The van der Waals surface area contributed by atoms with E-state index in [4.69, 9.17) is 4.99 Å². The van der Waals surface area contributed by atoms with Crippen LogP contribution in [-0.2, 0) is 0 Å². The summed E-state index contributed by atoms with van der Waals surface area (Å²) in [6.07, 6.45) is 8.98. The van der Waals surface area contributed by atoms with Gasteiger partial charge >= 0.3 is 0 Å². The van der Waals surface area contributed by atoms with E-state index in [1.165, 1.54) is 84.2 Å². The highest BCUT2D eigenvalue weighted by molar-refractivity contribution is 5.79. The SMILES string of the molecule is CCCCCCC(C)NC(=NCCCCN1CCN(CC)CC1)NCC. The monoisotopic (exact) mass is 367 g/mol. The van der Waals surface area contributed by atoms with Crippen molar-refractivity contribution in [2.24, 2.45) is 4.99 Å². The highest BCUT2D eigenvalue weighted by Gasteiger charge is 2.14. The molecule has 0 amide bonds. The molecular formula is C21H45N5. The van der Waals surface area contributed by atoms with E-state index < -0.39 is 0 Å². The first-order valence-corrected chi connectivity index (χ1v) is 11.2. The van der Waals surface area contributed by atoms with Crippen molar-refractivity contribution in [3.8, 4) is 0 Å². The van der Waals surface area contributed by atoms with E-state index in [1.54, 1.807) is 0 Å². The molecule has 1 saturated heterocycles. The summed E-state index contributed by atoms with van der Waals surface area (Å²) in [5, 5.41) is 6.96. The quantitative estimate of drug-likeness (QED) is 0.298. The van der Waals surface area contributed by atoms with Crippen LogP contribution in [0.5, 0.6) is 0 Å². The Morgan fingerprint density at radius 1 is 0.923 bits per heavy atom. The zero-order valence-electron chi connectivity index (χ0n) is 18.0. The Morgan fingerprint density at radius 2 is 1.65 bits per heavy atom. The molecule has 0 radical (unpaired) electrons. The van der Waals surface area contributed by atoms with Crippen molar-refractivity contribution in [3.63, 3.8) is 0 Å². The van der Waals surface area contributed by atoms with Gasteiger partial charge in [-0.2, -0.15) is 0 Å². The molecule has 0 aromatic carbocycles.